The second-order valence-corrected chi connectivity index (χ2v) is 7.88. The maximum absolute atomic E-state index is 12.3. The van der Waals surface area contributed by atoms with E-state index in [1.165, 1.54) is 0 Å². The van der Waals surface area contributed by atoms with E-state index in [1.54, 1.807) is 6.07 Å². The second kappa shape index (κ2) is 7.23. The third-order valence-corrected chi connectivity index (χ3v) is 5.64. The maximum Gasteiger partial charge on any atom is 0.225 e. The van der Waals surface area contributed by atoms with Crippen LogP contribution in [0.2, 0.25) is 0 Å². The lowest BCUT2D eigenvalue weighted by atomic mass is 9.96. The Balaban J connectivity index is 1.28. The van der Waals surface area contributed by atoms with Crippen LogP contribution in [0.1, 0.15) is 36.9 Å². The standard InChI is InChI=1S/C21H27N3O2/c1-14-2-5-19-18(10-14)20(25)11-17(23-19)13-22-12-15-6-8-24(9-7-15)21(26)16-3-4-16/h2,5,10-11,15-16,22H,3-4,6-9,12-13H2,1H3,(H,23,25). The Morgan fingerprint density at radius 1 is 1.19 bits per heavy atom. The highest BCUT2D eigenvalue weighted by Gasteiger charge is 2.34. The number of nitrogens with zero attached hydrogens (tertiary/aromatic N) is 1. The number of amides is 1. The number of likely N-dealkylation sites (tertiary alicyclic amines) is 1. The van der Waals surface area contributed by atoms with Gasteiger partial charge in [-0.3, -0.25) is 9.59 Å². The first kappa shape index (κ1) is 17.3. The SMILES string of the molecule is Cc1ccc2[nH]c(CNCC3CCN(C(=O)C4CC4)CC3)cc(=O)c2c1. The number of aromatic amines is 1. The summed E-state index contributed by atoms with van der Waals surface area (Å²) in [6.45, 7) is 5.39. The first-order chi connectivity index (χ1) is 12.6. The van der Waals surface area contributed by atoms with Crippen LogP contribution < -0.4 is 10.7 Å². The lowest BCUT2D eigenvalue weighted by Crippen LogP contribution is -2.41. The summed E-state index contributed by atoms with van der Waals surface area (Å²) >= 11 is 0. The largest absolute Gasteiger partial charge is 0.357 e. The van der Waals surface area contributed by atoms with E-state index in [0.29, 0.717) is 24.3 Å². The van der Waals surface area contributed by atoms with E-state index < -0.39 is 0 Å². The van der Waals surface area contributed by atoms with Crippen LogP contribution in [0.25, 0.3) is 10.9 Å². The van der Waals surface area contributed by atoms with Crippen molar-refractivity contribution < 1.29 is 4.79 Å². The molecule has 2 fully saturated rings. The van der Waals surface area contributed by atoms with Gasteiger partial charge < -0.3 is 15.2 Å². The Kier molecular flexibility index (Phi) is 4.81. The van der Waals surface area contributed by atoms with Crippen LogP contribution in [-0.2, 0) is 11.3 Å². The monoisotopic (exact) mass is 353 g/mol. The highest BCUT2D eigenvalue weighted by atomic mass is 16.2. The molecule has 5 heteroatoms. The van der Waals surface area contributed by atoms with Crippen molar-refractivity contribution in [1.82, 2.24) is 15.2 Å². The van der Waals surface area contributed by atoms with Crippen molar-refractivity contribution >= 4 is 16.8 Å². The number of rotatable bonds is 5. The number of benzene rings is 1. The molecule has 1 aliphatic carbocycles. The van der Waals surface area contributed by atoms with Crippen molar-refractivity contribution in [1.29, 1.82) is 0 Å². The van der Waals surface area contributed by atoms with Crippen molar-refractivity contribution in [2.24, 2.45) is 11.8 Å². The first-order valence-electron chi connectivity index (χ1n) is 9.72. The minimum atomic E-state index is 0.0751. The van der Waals surface area contributed by atoms with Gasteiger partial charge in [0.15, 0.2) is 5.43 Å². The Labute approximate surface area is 153 Å². The summed E-state index contributed by atoms with van der Waals surface area (Å²) in [6.07, 6.45) is 4.31. The fraction of sp³-hybridized carbons (Fsp3) is 0.524. The average Bonchev–Trinajstić information content (AvgIpc) is 3.48. The zero-order valence-corrected chi connectivity index (χ0v) is 15.4. The van der Waals surface area contributed by atoms with E-state index in [-0.39, 0.29) is 5.43 Å². The van der Waals surface area contributed by atoms with Gasteiger partial charge in [0.25, 0.3) is 0 Å². The molecule has 1 amide bonds. The molecule has 0 radical (unpaired) electrons. The van der Waals surface area contributed by atoms with E-state index in [1.807, 2.05) is 25.1 Å². The number of aromatic nitrogens is 1. The number of aryl methyl sites for hydroxylation is 1. The maximum atomic E-state index is 12.3. The quantitative estimate of drug-likeness (QED) is 0.868. The fourth-order valence-electron chi connectivity index (χ4n) is 3.87. The Morgan fingerprint density at radius 3 is 2.69 bits per heavy atom. The third kappa shape index (κ3) is 3.83. The zero-order valence-electron chi connectivity index (χ0n) is 15.4. The first-order valence-corrected chi connectivity index (χ1v) is 9.72. The lowest BCUT2D eigenvalue weighted by Gasteiger charge is -2.32. The number of H-pyrrole nitrogens is 1. The van der Waals surface area contributed by atoms with Gasteiger partial charge in [-0.05, 0) is 57.2 Å². The molecule has 2 aliphatic rings. The van der Waals surface area contributed by atoms with Gasteiger partial charge in [-0.15, -0.1) is 0 Å². The van der Waals surface area contributed by atoms with Crippen molar-refractivity contribution in [2.75, 3.05) is 19.6 Å². The molecule has 1 saturated carbocycles. The second-order valence-electron chi connectivity index (χ2n) is 7.88. The topological polar surface area (TPSA) is 65.2 Å². The average molecular weight is 353 g/mol. The molecule has 1 aromatic carbocycles. The van der Waals surface area contributed by atoms with Crippen molar-refractivity contribution in [3.05, 3.63) is 45.7 Å². The molecular weight excluding hydrogens is 326 g/mol. The number of carbonyl (C=O) groups excluding carboxylic acids is 1. The predicted molar refractivity (Wildman–Crippen MR) is 103 cm³/mol. The van der Waals surface area contributed by atoms with Crippen LogP contribution in [0.15, 0.2) is 29.1 Å². The number of carbonyl (C=O) groups is 1. The van der Waals surface area contributed by atoms with Gasteiger partial charge in [0.1, 0.15) is 0 Å². The summed E-state index contributed by atoms with van der Waals surface area (Å²) in [5.74, 6) is 1.31. The molecule has 1 aromatic heterocycles. The lowest BCUT2D eigenvalue weighted by molar-refractivity contribution is -0.133. The summed E-state index contributed by atoms with van der Waals surface area (Å²) in [4.78, 5) is 29.8. The highest BCUT2D eigenvalue weighted by molar-refractivity contribution is 5.81. The fourth-order valence-corrected chi connectivity index (χ4v) is 3.87. The number of hydrogen-bond donors (Lipinski definition) is 2. The van der Waals surface area contributed by atoms with E-state index >= 15 is 0 Å². The summed E-state index contributed by atoms with van der Waals surface area (Å²) in [5.41, 5.74) is 2.99. The number of nitrogens with one attached hydrogen (secondary N) is 2. The number of hydrogen-bond acceptors (Lipinski definition) is 3. The zero-order chi connectivity index (χ0) is 18.1. The van der Waals surface area contributed by atoms with Gasteiger partial charge in [-0.2, -0.15) is 0 Å². The summed E-state index contributed by atoms with van der Waals surface area (Å²) in [7, 11) is 0. The molecular formula is C21H27N3O2. The van der Waals surface area contributed by atoms with E-state index in [2.05, 4.69) is 15.2 Å². The number of piperidine rings is 1. The number of pyridine rings is 1. The number of fused-ring (bicyclic) bond motifs is 1. The predicted octanol–water partition coefficient (Wildman–Crippen LogP) is 2.57. The molecule has 4 rings (SSSR count). The Morgan fingerprint density at radius 2 is 1.96 bits per heavy atom. The minimum absolute atomic E-state index is 0.0751. The molecule has 0 unspecified atom stereocenters. The molecule has 2 heterocycles. The van der Waals surface area contributed by atoms with Crippen LogP contribution in [0.5, 0.6) is 0 Å². The van der Waals surface area contributed by atoms with Gasteiger partial charge in [0.2, 0.25) is 5.91 Å². The molecule has 26 heavy (non-hydrogen) atoms. The van der Waals surface area contributed by atoms with Crippen LogP contribution in [0, 0.1) is 18.8 Å². The molecule has 0 bridgehead atoms. The molecule has 138 valence electrons. The van der Waals surface area contributed by atoms with Crippen molar-refractivity contribution in [2.45, 2.75) is 39.2 Å². The van der Waals surface area contributed by atoms with Crippen LogP contribution in [-0.4, -0.2) is 35.4 Å². The van der Waals surface area contributed by atoms with Gasteiger partial charge >= 0.3 is 0 Å². The van der Waals surface area contributed by atoms with E-state index in [9.17, 15) is 9.59 Å². The Bertz CT molecular complexity index is 861. The molecule has 5 nitrogen and oxygen atoms in total. The van der Waals surface area contributed by atoms with Crippen LogP contribution in [0.3, 0.4) is 0 Å². The summed E-state index contributed by atoms with van der Waals surface area (Å²) in [6, 6.07) is 7.63. The normalized spacial score (nSPS) is 18.4. The van der Waals surface area contributed by atoms with Crippen LogP contribution >= 0.6 is 0 Å². The summed E-state index contributed by atoms with van der Waals surface area (Å²) in [5, 5.41) is 4.23. The molecule has 0 spiro atoms. The van der Waals surface area contributed by atoms with Gasteiger partial charge in [-0.1, -0.05) is 11.6 Å². The van der Waals surface area contributed by atoms with E-state index in [0.717, 1.165) is 67.5 Å². The molecule has 2 aromatic rings. The molecule has 1 aliphatic heterocycles. The smallest absolute Gasteiger partial charge is 0.225 e. The van der Waals surface area contributed by atoms with Gasteiger partial charge in [-0.25, -0.2) is 0 Å². The third-order valence-electron chi connectivity index (χ3n) is 5.64. The van der Waals surface area contributed by atoms with Gasteiger partial charge in [0, 0.05) is 48.2 Å². The van der Waals surface area contributed by atoms with Gasteiger partial charge in [0.05, 0.1) is 0 Å². The highest BCUT2D eigenvalue weighted by Crippen LogP contribution is 2.32. The molecule has 0 atom stereocenters. The van der Waals surface area contributed by atoms with Crippen molar-refractivity contribution in [3.8, 4) is 0 Å². The minimum Gasteiger partial charge on any atom is -0.357 e. The molecule has 2 N–H and O–H groups in total. The summed E-state index contributed by atoms with van der Waals surface area (Å²) < 4.78 is 0. The van der Waals surface area contributed by atoms with Crippen molar-refractivity contribution in [3.63, 3.8) is 0 Å². The van der Waals surface area contributed by atoms with Crippen LogP contribution in [0.4, 0.5) is 0 Å². The Hall–Kier alpha value is -2.14. The molecule has 1 saturated heterocycles. The van der Waals surface area contributed by atoms with E-state index in [4.69, 9.17) is 0 Å².